The molecule has 84 valence electrons. The van der Waals surface area contributed by atoms with Crippen molar-refractivity contribution in [3.63, 3.8) is 0 Å². The summed E-state index contributed by atoms with van der Waals surface area (Å²) >= 11 is 0. The number of nitrogens with zero attached hydrogens (tertiary/aromatic N) is 2. The van der Waals surface area contributed by atoms with Crippen molar-refractivity contribution in [2.24, 2.45) is 5.92 Å². The van der Waals surface area contributed by atoms with Gasteiger partial charge in [-0.2, -0.15) is 0 Å². The van der Waals surface area contributed by atoms with Gasteiger partial charge in [-0.15, -0.1) is 0 Å². The summed E-state index contributed by atoms with van der Waals surface area (Å²) in [5.41, 5.74) is 0. The predicted octanol–water partition coefficient (Wildman–Crippen LogP) is 2.06. The standard InChI is InChI=1S/C12H26N2/c1-11-7-8-12(13(2)3)6-5-9-14(4)10-11/h11-12H,5-10H2,1-4H3. The van der Waals surface area contributed by atoms with E-state index in [4.69, 9.17) is 0 Å². The van der Waals surface area contributed by atoms with Crippen LogP contribution in [0.25, 0.3) is 0 Å². The molecule has 0 radical (unpaired) electrons. The third-order valence-corrected chi connectivity index (χ3v) is 3.42. The van der Waals surface area contributed by atoms with Crippen LogP contribution in [0.5, 0.6) is 0 Å². The Balaban J connectivity index is 2.45. The molecule has 0 aliphatic carbocycles. The minimum Gasteiger partial charge on any atom is -0.306 e. The first-order chi connectivity index (χ1) is 6.59. The second-order valence-electron chi connectivity index (χ2n) is 5.20. The molecule has 0 spiro atoms. The van der Waals surface area contributed by atoms with Crippen molar-refractivity contribution < 1.29 is 0 Å². The highest BCUT2D eigenvalue weighted by Crippen LogP contribution is 2.18. The molecule has 1 heterocycles. The van der Waals surface area contributed by atoms with Gasteiger partial charge in [-0.3, -0.25) is 0 Å². The van der Waals surface area contributed by atoms with Crippen LogP contribution in [0.3, 0.4) is 0 Å². The largest absolute Gasteiger partial charge is 0.306 e. The summed E-state index contributed by atoms with van der Waals surface area (Å²) in [5.74, 6) is 0.862. The molecule has 1 aliphatic rings. The maximum absolute atomic E-state index is 2.49. The molecular formula is C12H26N2. The Labute approximate surface area is 89.3 Å². The lowest BCUT2D eigenvalue weighted by Crippen LogP contribution is -2.28. The Hall–Kier alpha value is -0.0800. The fraction of sp³-hybridized carbons (Fsp3) is 1.00. The van der Waals surface area contributed by atoms with Crippen LogP contribution in [-0.2, 0) is 0 Å². The van der Waals surface area contributed by atoms with E-state index in [9.17, 15) is 0 Å². The Morgan fingerprint density at radius 3 is 2.50 bits per heavy atom. The topological polar surface area (TPSA) is 6.48 Å². The number of rotatable bonds is 1. The van der Waals surface area contributed by atoms with Crippen molar-refractivity contribution in [1.82, 2.24) is 9.80 Å². The van der Waals surface area contributed by atoms with E-state index in [1.54, 1.807) is 0 Å². The van der Waals surface area contributed by atoms with E-state index in [0.29, 0.717) is 0 Å². The first-order valence-corrected chi connectivity index (χ1v) is 5.94. The molecule has 2 unspecified atom stereocenters. The van der Waals surface area contributed by atoms with Gasteiger partial charge in [0, 0.05) is 12.6 Å². The molecule has 0 N–H and O–H groups in total. The highest BCUT2D eigenvalue weighted by Gasteiger charge is 2.16. The fourth-order valence-electron chi connectivity index (χ4n) is 2.45. The van der Waals surface area contributed by atoms with E-state index in [1.807, 2.05) is 0 Å². The van der Waals surface area contributed by atoms with Crippen LogP contribution in [0.15, 0.2) is 0 Å². The highest BCUT2D eigenvalue weighted by atomic mass is 15.1. The molecular weight excluding hydrogens is 172 g/mol. The maximum Gasteiger partial charge on any atom is 0.00897 e. The van der Waals surface area contributed by atoms with E-state index < -0.39 is 0 Å². The normalized spacial score (nSPS) is 32.4. The quantitative estimate of drug-likeness (QED) is 0.636. The molecule has 0 bridgehead atoms. The van der Waals surface area contributed by atoms with Gasteiger partial charge in [-0.05, 0) is 59.3 Å². The molecule has 2 nitrogen and oxygen atoms in total. The highest BCUT2D eigenvalue weighted by molar-refractivity contribution is 4.72. The minimum absolute atomic E-state index is 0.809. The number of hydrogen-bond acceptors (Lipinski definition) is 2. The van der Waals surface area contributed by atoms with Gasteiger partial charge in [0.1, 0.15) is 0 Å². The lowest BCUT2D eigenvalue weighted by molar-refractivity contribution is 0.252. The first-order valence-electron chi connectivity index (χ1n) is 5.94. The van der Waals surface area contributed by atoms with Gasteiger partial charge < -0.3 is 9.80 Å². The van der Waals surface area contributed by atoms with Gasteiger partial charge in [-0.1, -0.05) is 6.92 Å². The second-order valence-corrected chi connectivity index (χ2v) is 5.20. The lowest BCUT2D eigenvalue weighted by Gasteiger charge is -2.24. The van der Waals surface area contributed by atoms with Gasteiger partial charge in [-0.25, -0.2) is 0 Å². The third kappa shape index (κ3) is 3.97. The molecule has 0 aromatic heterocycles. The van der Waals surface area contributed by atoms with Crippen LogP contribution in [-0.4, -0.2) is 50.1 Å². The smallest absolute Gasteiger partial charge is 0.00897 e. The van der Waals surface area contributed by atoms with Crippen LogP contribution < -0.4 is 0 Å². The minimum atomic E-state index is 0.809. The molecule has 2 heteroatoms. The summed E-state index contributed by atoms with van der Waals surface area (Å²) in [6.45, 7) is 4.93. The SMILES string of the molecule is CC1CCC(N(C)C)CCCN(C)C1. The van der Waals surface area contributed by atoms with Crippen LogP contribution in [0.4, 0.5) is 0 Å². The van der Waals surface area contributed by atoms with Gasteiger partial charge in [0.15, 0.2) is 0 Å². The summed E-state index contributed by atoms with van der Waals surface area (Å²) in [5, 5.41) is 0. The molecule has 0 saturated carbocycles. The van der Waals surface area contributed by atoms with E-state index in [0.717, 1.165) is 12.0 Å². The Morgan fingerprint density at radius 2 is 1.86 bits per heavy atom. The number of hydrogen-bond donors (Lipinski definition) is 0. The third-order valence-electron chi connectivity index (χ3n) is 3.42. The van der Waals surface area contributed by atoms with E-state index in [-0.39, 0.29) is 0 Å². The monoisotopic (exact) mass is 198 g/mol. The Bertz CT molecular complexity index is 156. The zero-order chi connectivity index (χ0) is 10.6. The van der Waals surface area contributed by atoms with Crippen LogP contribution in [0, 0.1) is 5.92 Å². The van der Waals surface area contributed by atoms with E-state index in [1.165, 1.54) is 38.8 Å². The Kier molecular flexibility index (Phi) is 4.90. The summed E-state index contributed by atoms with van der Waals surface area (Å²) in [6, 6.07) is 0.809. The van der Waals surface area contributed by atoms with E-state index in [2.05, 4.69) is 37.9 Å². The molecule has 2 atom stereocenters. The maximum atomic E-state index is 2.49. The summed E-state index contributed by atoms with van der Waals surface area (Å²) in [6.07, 6.45) is 5.48. The average molecular weight is 198 g/mol. The van der Waals surface area contributed by atoms with Crippen molar-refractivity contribution in [3.8, 4) is 0 Å². The zero-order valence-electron chi connectivity index (χ0n) is 10.3. The summed E-state index contributed by atoms with van der Waals surface area (Å²) in [4.78, 5) is 4.89. The van der Waals surface area contributed by atoms with Crippen molar-refractivity contribution in [1.29, 1.82) is 0 Å². The molecule has 0 aromatic carbocycles. The van der Waals surface area contributed by atoms with Crippen molar-refractivity contribution in [2.75, 3.05) is 34.2 Å². The van der Waals surface area contributed by atoms with Crippen LogP contribution >= 0.6 is 0 Å². The second kappa shape index (κ2) is 5.72. The van der Waals surface area contributed by atoms with Gasteiger partial charge in [0.05, 0.1) is 0 Å². The first kappa shape index (κ1) is 12.0. The van der Waals surface area contributed by atoms with E-state index >= 15 is 0 Å². The lowest BCUT2D eigenvalue weighted by atomic mass is 9.99. The predicted molar refractivity (Wildman–Crippen MR) is 62.6 cm³/mol. The van der Waals surface area contributed by atoms with Crippen LogP contribution in [0.2, 0.25) is 0 Å². The molecule has 1 rings (SSSR count). The molecule has 1 fully saturated rings. The zero-order valence-corrected chi connectivity index (χ0v) is 10.3. The fourth-order valence-corrected chi connectivity index (χ4v) is 2.45. The molecule has 1 saturated heterocycles. The summed E-state index contributed by atoms with van der Waals surface area (Å²) < 4.78 is 0. The van der Waals surface area contributed by atoms with Gasteiger partial charge in [0.2, 0.25) is 0 Å². The molecule has 0 aromatic rings. The van der Waals surface area contributed by atoms with Crippen LogP contribution in [0.1, 0.15) is 32.6 Å². The summed E-state index contributed by atoms with van der Waals surface area (Å²) in [7, 11) is 6.69. The Morgan fingerprint density at radius 1 is 1.14 bits per heavy atom. The van der Waals surface area contributed by atoms with Gasteiger partial charge >= 0.3 is 0 Å². The van der Waals surface area contributed by atoms with Gasteiger partial charge in [0.25, 0.3) is 0 Å². The molecule has 14 heavy (non-hydrogen) atoms. The van der Waals surface area contributed by atoms with Crippen molar-refractivity contribution in [3.05, 3.63) is 0 Å². The average Bonchev–Trinajstić information content (AvgIpc) is 2.16. The van der Waals surface area contributed by atoms with Crippen molar-refractivity contribution >= 4 is 0 Å². The molecule has 0 amide bonds. The molecule has 1 aliphatic heterocycles. The van der Waals surface area contributed by atoms with Crippen molar-refractivity contribution in [2.45, 2.75) is 38.6 Å².